The van der Waals surface area contributed by atoms with Crippen LogP contribution in [-0.4, -0.2) is 20.1 Å². The van der Waals surface area contributed by atoms with Crippen molar-refractivity contribution in [1.29, 1.82) is 0 Å². The molecule has 2 aromatic rings. The first-order valence-electron chi connectivity index (χ1n) is 5.32. The third-order valence-electron chi connectivity index (χ3n) is 2.34. The molecule has 21 heavy (non-hydrogen) atoms. The summed E-state index contributed by atoms with van der Waals surface area (Å²) in [4.78, 5) is 13.4. The van der Waals surface area contributed by atoms with E-state index in [1.54, 1.807) is 0 Å². The Labute approximate surface area is 128 Å². The number of aromatic amines is 1. The van der Waals surface area contributed by atoms with Gasteiger partial charge in [-0.25, -0.2) is 0 Å². The van der Waals surface area contributed by atoms with Crippen molar-refractivity contribution in [2.45, 2.75) is 17.1 Å². The Kier molecular flexibility index (Phi) is 4.52. The largest absolute Gasteiger partial charge is 0.451 e. The number of halogens is 4. The van der Waals surface area contributed by atoms with Crippen LogP contribution in [0.5, 0.6) is 0 Å². The standard InChI is InChI=1S/C10H6BrF3N4O2S/c11-7-3-6(18(19)20)2-1-5(7)4-21-9-15-8(16-17-9)10(12,13)14/h1-3H,4H2,(H,15,16,17). The molecule has 0 fully saturated rings. The normalized spacial score (nSPS) is 11.6. The summed E-state index contributed by atoms with van der Waals surface area (Å²) in [7, 11) is 0. The van der Waals surface area contributed by atoms with E-state index in [0.29, 0.717) is 10.0 Å². The second kappa shape index (κ2) is 6.02. The minimum Gasteiger partial charge on any atom is -0.258 e. The highest BCUT2D eigenvalue weighted by atomic mass is 79.9. The highest BCUT2D eigenvalue weighted by molar-refractivity contribution is 9.10. The lowest BCUT2D eigenvalue weighted by atomic mass is 10.2. The van der Waals surface area contributed by atoms with Gasteiger partial charge in [0.15, 0.2) is 0 Å². The molecule has 0 aliphatic carbocycles. The van der Waals surface area contributed by atoms with Crippen molar-refractivity contribution in [3.63, 3.8) is 0 Å². The quantitative estimate of drug-likeness (QED) is 0.494. The zero-order chi connectivity index (χ0) is 15.6. The summed E-state index contributed by atoms with van der Waals surface area (Å²) < 4.78 is 37.5. The Morgan fingerprint density at radius 1 is 1.43 bits per heavy atom. The van der Waals surface area contributed by atoms with E-state index in [0.717, 1.165) is 11.8 Å². The lowest BCUT2D eigenvalue weighted by molar-refractivity contribution is -0.384. The summed E-state index contributed by atoms with van der Waals surface area (Å²) in [6, 6.07) is 4.17. The third kappa shape index (κ3) is 3.94. The molecule has 0 spiro atoms. The van der Waals surface area contributed by atoms with Crippen LogP contribution in [-0.2, 0) is 11.9 Å². The van der Waals surface area contributed by atoms with Gasteiger partial charge in [0.25, 0.3) is 5.69 Å². The Morgan fingerprint density at radius 3 is 2.67 bits per heavy atom. The maximum atomic E-state index is 12.3. The van der Waals surface area contributed by atoms with Gasteiger partial charge in [-0.15, -0.1) is 5.10 Å². The molecule has 1 N–H and O–H groups in total. The number of nitrogens with one attached hydrogen (secondary N) is 1. The number of rotatable bonds is 4. The van der Waals surface area contributed by atoms with E-state index in [1.165, 1.54) is 18.2 Å². The van der Waals surface area contributed by atoms with Crippen LogP contribution in [0.15, 0.2) is 27.8 Å². The van der Waals surface area contributed by atoms with Crippen molar-refractivity contribution in [3.8, 4) is 0 Å². The van der Waals surface area contributed by atoms with Gasteiger partial charge in [-0.1, -0.05) is 33.8 Å². The van der Waals surface area contributed by atoms with Crippen LogP contribution in [0, 0.1) is 10.1 Å². The van der Waals surface area contributed by atoms with E-state index in [9.17, 15) is 23.3 Å². The van der Waals surface area contributed by atoms with Crippen LogP contribution in [0.2, 0.25) is 0 Å². The molecule has 0 bridgehead atoms. The van der Waals surface area contributed by atoms with Crippen molar-refractivity contribution >= 4 is 33.4 Å². The van der Waals surface area contributed by atoms with E-state index < -0.39 is 16.9 Å². The predicted molar refractivity (Wildman–Crippen MR) is 71.7 cm³/mol. The van der Waals surface area contributed by atoms with Gasteiger partial charge in [-0.2, -0.15) is 18.2 Å². The van der Waals surface area contributed by atoms with Crippen molar-refractivity contribution in [2.75, 3.05) is 0 Å². The van der Waals surface area contributed by atoms with Gasteiger partial charge in [0.1, 0.15) is 0 Å². The van der Waals surface area contributed by atoms with E-state index in [1.807, 2.05) is 5.10 Å². The summed E-state index contributed by atoms with van der Waals surface area (Å²) >= 11 is 4.17. The number of nitro benzene ring substituents is 1. The van der Waals surface area contributed by atoms with Crippen LogP contribution >= 0.6 is 27.7 Å². The third-order valence-corrected chi connectivity index (χ3v) is 3.97. The summed E-state index contributed by atoms with van der Waals surface area (Å²) in [6.07, 6.45) is -4.57. The lowest BCUT2D eigenvalue weighted by Gasteiger charge is -2.02. The molecule has 0 aliphatic rings. The number of hydrogen-bond donors (Lipinski definition) is 1. The molecular formula is C10H6BrF3N4O2S. The first-order valence-corrected chi connectivity index (χ1v) is 7.10. The second-order valence-corrected chi connectivity index (χ2v) is 5.58. The molecule has 112 valence electrons. The number of benzene rings is 1. The van der Waals surface area contributed by atoms with Gasteiger partial charge in [0.05, 0.1) is 4.92 Å². The molecule has 0 radical (unpaired) electrons. The van der Waals surface area contributed by atoms with Gasteiger partial charge in [0.2, 0.25) is 11.0 Å². The minimum absolute atomic E-state index is 0.0485. The predicted octanol–water partition coefficient (Wildman–Crippen LogP) is 3.79. The summed E-state index contributed by atoms with van der Waals surface area (Å²) in [6.45, 7) is 0. The number of aromatic nitrogens is 3. The van der Waals surface area contributed by atoms with Crippen LogP contribution in [0.1, 0.15) is 11.4 Å². The Bertz CT molecular complexity index is 677. The first-order chi connectivity index (χ1) is 9.77. The van der Waals surface area contributed by atoms with Gasteiger partial charge < -0.3 is 0 Å². The first kappa shape index (κ1) is 15.8. The molecule has 0 unspecified atom stereocenters. The van der Waals surface area contributed by atoms with Crippen LogP contribution in [0.25, 0.3) is 0 Å². The van der Waals surface area contributed by atoms with Crippen molar-refractivity contribution in [1.82, 2.24) is 15.2 Å². The molecule has 11 heteroatoms. The highest BCUT2D eigenvalue weighted by Crippen LogP contribution is 2.30. The molecule has 0 atom stereocenters. The molecular weight excluding hydrogens is 377 g/mol. The Morgan fingerprint density at radius 2 is 2.14 bits per heavy atom. The Hall–Kier alpha value is -1.62. The molecule has 0 saturated heterocycles. The molecule has 6 nitrogen and oxygen atoms in total. The van der Waals surface area contributed by atoms with E-state index >= 15 is 0 Å². The highest BCUT2D eigenvalue weighted by Gasteiger charge is 2.35. The monoisotopic (exact) mass is 382 g/mol. The summed E-state index contributed by atoms with van der Waals surface area (Å²) in [5, 5.41) is 15.8. The number of thioether (sulfide) groups is 1. The smallest absolute Gasteiger partial charge is 0.258 e. The Balaban J connectivity index is 2.06. The van der Waals surface area contributed by atoms with Crippen molar-refractivity contribution < 1.29 is 18.1 Å². The van der Waals surface area contributed by atoms with Gasteiger partial charge in [-0.3, -0.25) is 15.2 Å². The maximum Gasteiger partial charge on any atom is 0.451 e. The van der Waals surface area contributed by atoms with Crippen molar-refractivity contribution in [2.24, 2.45) is 0 Å². The number of alkyl halides is 3. The molecule has 2 rings (SSSR count). The number of H-pyrrole nitrogens is 1. The van der Waals surface area contributed by atoms with Gasteiger partial charge in [0, 0.05) is 22.4 Å². The SMILES string of the molecule is O=[N+]([O-])c1ccc(CSc2n[nH]c(C(F)(F)F)n2)c(Br)c1. The van der Waals surface area contributed by atoms with E-state index in [4.69, 9.17) is 0 Å². The fourth-order valence-corrected chi connectivity index (χ4v) is 2.84. The van der Waals surface area contributed by atoms with Crippen molar-refractivity contribution in [3.05, 3.63) is 44.2 Å². The average Bonchev–Trinajstić information content (AvgIpc) is 2.85. The molecule has 0 aliphatic heterocycles. The zero-order valence-corrected chi connectivity index (χ0v) is 12.4. The topological polar surface area (TPSA) is 84.7 Å². The molecule has 1 aromatic carbocycles. The van der Waals surface area contributed by atoms with E-state index in [-0.39, 0.29) is 16.6 Å². The molecule has 0 amide bonds. The molecule has 1 aromatic heterocycles. The summed E-state index contributed by atoms with van der Waals surface area (Å²) in [5.41, 5.74) is 0.608. The van der Waals surface area contributed by atoms with Crippen LogP contribution in [0.3, 0.4) is 0 Å². The number of nitro groups is 1. The fraction of sp³-hybridized carbons (Fsp3) is 0.200. The number of non-ortho nitro benzene ring substituents is 1. The lowest BCUT2D eigenvalue weighted by Crippen LogP contribution is -2.07. The van der Waals surface area contributed by atoms with Crippen LogP contribution in [0.4, 0.5) is 18.9 Å². The second-order valence-electron chi connectivity index (χ2n) is 3.79. The van der Waals surface area contributed by atoms with E-state index in [2.05, 4.69) is 26.0 Å². The van der Waals surface area contributed by atoms with Gasteiger partial charge >= 0.3 is 6.18 Å². The minimum atomic E-state index is -4.57. The number of hydrogen-bond acceptors (Lipinski definition) is 5. The van der Waals surface area contributed by atoms with Gasteiger partial charge in [-0.05, 0) is 5.56 Å². The summed E-state index contributed by atoms with van der Waals surface area (Å²) in [5.74, 6) is -0.888. The zero-order valence-electron chi connectivity index (χ0n) is 10.0. The number of nitrogens with zero attached hydrogens (tertiary/aromatic N) is 3. The average molecular weight is 383 g/mol. The molecule has 0 saturated carbocycles. The molecule has 1 heterocycles. The maximum absolute atomic E-state index is 12.3. The fourth-order valence-electron chi connectivity index (χ4n) is 1.35. The van der Waals surface area contributed by atoms with Crippen LogP contribution < -0.4 is 0 Å².